The first-order chi connectivity index (χ1) is 15.9. The third kappa shape index (κ3) is 7.60. The minimum Gasteiger partial charge on any atom is -0.507 e. The van der Waals surface area contributed by atoms with E-state index in [1.807, 2.05) is 17.9 Å². The van der Waals surface area contributed by atoms with E-state index in [1.165, 1.54) is 7.11 Å². The largest absolute Gasteiger partial charge is 0.507 e. The van der Waals surface area contributed by atoms with Crippen molar-refractivity contribution in [3.63, 3.8) is 0 Å². The number of fused-ring (bicyclic) bond motifs is 1. The van der Waals surface area contributed by atoms with Gasteiger partial charge < -0.3 is 20.1 Å². The summed E-state index contributed by atoms with van der Waals surface area (Å²) in [6.07, 6.45) is 9.27. The molecule has 0 fully saturated rings. The van der Waals surface area contributed by atoms with Crippen molar-refractivity contribution >= 4 is 30.0 Å². The summed E-state index contributed by atoms with van der Waals surface area (Å²) in [5, 5.41) is 14.4. The molecule has 2 unspecified atom stereocenters. The Labute approximate surface area is 210 Å². The molecule has 2 atom stereocenters. The predicted octanol–water partition coefficient (Wildman–Crippen LogP) is 4.90. The maximum Gasteiger partial charge on any atom is 0.305 e. The Kier molecular flexibility index (Phi) is 13.0. The second-order valence-corrected chi connectivity index (χ2v) is 8.93. The highest BCUT2D eigenvalue weighted by Crippen LogP contribution is 2.39. The topological polar surface area (TPSA) is 78.9 Å². The zero-order valence-corrected chi connectivity index (χ0v) is 21.7. The van der Waals surface area contributed by atoms with E-state index in [-0.39, 0.29) is 42.0 Å². The van der Waals surface area contributed by atoms with Crippen LogP contribution in [0.15, 0.2) is 31.4 Å². The molecule has 1 aliphatic heterocycles. The van der Waals surface area contributed by atoms with E-state index in [0.29, 0.717) is 38.8 Å². The highest BCUT2D eigenvalue weighted by atomic mass is 35.5. The van der Waals surface area contributed by atoms with Crippen LogP contribution in [0.4, 0.5) is 5.69 Å². The van der Waals surface area contributed by atoms with Gasteiger partial charge in [0.2, 0.25) is 5.91 Å². The monoisotopic (exact) mass is 492 g/mol. The number of nitrogens with zero attached hydrogens (tertiary/aromatic N) is 1. The summed E-state index contributed by atoms with van der Waals surface area (Å²) in [6.45, 7) is 13.2. The lowest BCUT2D eigenvalue weighted by molar-refractivity contribution is -0.141. The molecule has 0 spiro atoms. The summed E-state index contributed by atoms with van der Waals surface area (Å²) in [7, 11) is 1.41. The van der Waals surface area contributed by atoms with E-state index in [1.54, 1.807) is 12.2 Å². The SMILES string of the molecule is C=CCc1cc2c(c(CC=C)c1O)CC(NCCCC(C)CC(=O)OC)C(=O)N2CCCC.Cl. The fourth-order valence-electron chi connectivity index (χ4n) is 4.46. The van der Waals surface area contributed by atoms with Crippen LogP contribution in [0.25, 0.3) is 0 Å². The maximum absolute atomic E-state index is 13.4. The molecule has 0 bridgehead atoms. The molecule has 7 heteroatoms. The van der Waals surface area contributed by atoms with Crippen LogP contribution in [0.2, 0.25) is 0 Å². The lowest BCUT2D eigenvalue weighted by atomic mass is 9.88. The summed E-state index contributed by atoms with van der Waals surface area (Å²) in [6, 6.07) is 1.62. The van der Waals surface area contributed by atoms with Gasteiger partial charge >= 0.3 is 5.97 Å². The number of halogens is 1. The van der Waals surface area contributed by atoms with Crippen LogP contribution < -0.4 is 10.2 Å². The molecule has 1 aromatic rings. The normalized spacial score (nSPS) is 15.8. The standard InChI is InChI=1S/C27H40N2O4.ClH/c1-6-9-15-29-24-17-20(11-7-2)26(31)21(12-8-3)22(24)18-23(27(29)32)28-14-10-13-19(4)16-25(30)33-5;/h7-8,17,19,23,28,31H,2-3,6,9-16,18H2,1,4-5H3;1H. The van der Waals surface area contributed by atoms with E-state index in [9.17, 15) is 14.7 Å². The minimum absolute atomic E-state index is 0. The third-order valence-corrected chi connectivity index (χ3v) is 6.29. The second kappa shape index (κ2) is 14.8. The fourth-order valence-corrected chi connectivity index (χ4v) is 4.46. The smallest absolute Gasteiger partial charge is 0.305 e. The number of phenols is 1. The minimum atomic E-state index is -0.335. The summed E-state index contributed by atoms with van der Waals surface area (Å²) >= 11 is 0. The molecule has 2 N–H and O–H groups in total. The van der Waals surface area contributed by atoms with Crippen molar-refractivity contribution in [3.05, 3.63) is 48.1 Å². The summed E-state index contributed by atoms with van der Waals surface area (Å²) < 4.78 is 4.74. The number of methoxy groups -OCH3 is 1. The third-order valence-electron chi connectivity index (χ3n) is 6.29. The van der Waals surface area contributed by atoms with Gasteiger partial charge in [0.05, 0.1) is 13.2 Å². The molecule has 1 amide bonds. The molecular weight excluding hydrogens is 452 g/mol. The summed E-state index contributed by atoms with van der Waals surface area (Å²) in [5.74, 6) is 0.418. The lowest BCUT2D eigenvalue weighted by Gasteiger charge is -2.36. The number of carbonyl (C=O) groups is 2. The Balaban J connectivity index is 0.00000578. The van der Waals surface area contributed by atoms with Gasteiger partial charge in [0.15, 0.2) is 0 Å². The number of hydrogen-bond acceptors (Lipinski definition) is 5. The number of hydrogen-bond donors (Lipinski definition) is 2. The Morgan fingerprint density at radius 2 is 2.03 bits per heavy atom. The highest BCUT2D eigenvalue weighted by Gasteiger charge is 2.35. The van der Waals surface area contributed by atoms with Gasteiger partial charge in [-0.05, 0) is 68.2 Å². The van der Waals surface area contributed by atoms with E-state index in [0.717, 1.165) is 48.1 Å². The molecule has 0 radical (unpaired) electrons. The molecule has 6 nitrogen and oxygen atoms in total. The molecule has 1 heterocycles. The average molecular weight is 493 g/mol. The van der Waals surface area contributed by atoms with Crippen LogP contribution in [0.1, 0.15) is 62.6 Å². The number of allylic oxidation sites excluding steroid dienone is 2. The van der Waals surface area contributed by atoms with Gasteiger partial charge in [-0.25, -0.2) is 0 Å². The predicted molar refractivity (Wildman–Crippen MR) is 141 cm³/mol. The van der Waals surface area contributed by atoms with Crippen LogP contribution in [-0.2, 0) is 33.6 Å². The number of unbranched alkanes of at least 4 members (excludes halogenated alkanes) is 1. The first-order valence-corrected chi connectivity index (χ1v) is 12.1. The number of ether oxygens (including phenoxy) is 1. The van der Waals surface area contributed by atoms with Crippen molar-refractivity contribution in [2.24, 2.45) is 5.92 Å². The molecule has 190 valence electrons. The zero-order valence-electron chi connectivity index (χ0n) is 20.9. The summed E-state index contributed by atoms with van der Waals surface area (Å²) in [4.78, 5) is 26.8. The van der Waals surface area contributed by atoms with Crippen molar-refractivity contribution in [1.82, 2.24) is 5.32 Å². The maximum atomic E-state index is 13.4. The summed E-state index contributed by atoms with van der Waals surface area (Å²) in [5.41, 5.74) is 3.57. The molecular formula is C27H41ClN2O4. The van der Waals surface area contributed by atoms with Crippen LogP contribution in [-0.4, -0.2) is 43.2 Å². The Bertz CT molecular complexity index is 856. The first kappa shape index (κ1) is 29.7. The quantitative estimate of drug-likeness (QED) is 0.219. The molecule has 1 aromatic carbocycles. The van der Waals surface area contributed by atoms with Crippen molar-refractivity contribution in [2.75, 3.05) is 25.1 Å². The number of carbonyl (C=O) groups excluding carboxylic acids is 2. The number of aromatic hydroxyl groups is 1. The Hall–Kier alpha value is -2.31. The highest BCUT2D eigenvalue weighted by molar-refractivity contribution is 6.01. The number of esters is 1. The molecule has 0 aromatic heterocycles. The van der Waals surface area contributed by atoms with Crippen LogP contribution in [0.5, 0.6) is 5.75 Å². The van der Waals surface area contributed by atoms with Gasteiger partial charge in [-0.3, -0.25) is 9.59 Å². The molecule has 0 saturated carbocycles. The van der Waals surface area contributed by atoms with Crippen LogP contribution >= 0.6 is 12.4 Å². The van der Waals surface area contributed by atoms with Crippen molar-refractivity contribution < 1.29 is 19.4 Å². The van der Waals surface area contributed by atoms with E-state index in [4.69, 9.17) is 4.74 Å². The molecule has 0 aliphatic carbocycles. The van der Waals surface area contributed by atoms with Gasteiger partial charge in [0.25, 0.3) is 0 Å². The number of rotatable bonds is 14. The van der Waals surface area contributed by atoms with Crippen molar-refractivity contribution in [3.8, 4) is 5.75 Å². The van der Waals surface area contributed by atoms with Crippen molar-refractivity contribution in [1.29, 1.82) is 0 Å². The zero-order chi connectivity index (χ0) is 24.4. The van der Waals surface area contributed by atoms with Crippen molar-refractivity contribution in [2.45, 2.75) is 71.3 Å². The number of nitrogens with one attached hydrogen (secondary N) is 1. The molecule has 0 saturated heterocycles. The van der Waals surface area contributed by atoms with Gasteiger partial charge in [-0.2, -0.15) is 0 Å². The Morgan fingerprint density at radius 1 is 1.32 bits per heavy atom. The number of benzene rings is 1. The van der Waals surface area contributed by atoms with Crippen LogP contribution in [0, 0.1) is 5.92 Å². The van der Waals surface area contributed by atoms with Gasteiger partial charge in [0, 0.05) is 24.2 Å². The fraction of sp³-hybridized carbons (Fsp3) is 0.556. The average Bonchev–Trinajstić information content (AvgIpc) is 2.79. The molecule has 2 rings (SSSR count). The van der Waals surface area contributed by atoms with Gasteiger partial charge in [0.1, 0.15) is 5.75 Å². The van der Waals surface area contributed by atoms with Gasteiger partial charge in [-0.1, -0.05) is 32.4 Å². The second-order valence-electron chi connectivity index (χ2n) is 8.93. The number of anilines is 1. The first-order valence-electron chi connectivity index (χ1n) is 12.1. The number of amides is 1. The van der Waals surface area contributed by atoms with Crippen LogP contribution in [0.3, 0.4) is 0 Å². The Morgan fingerprint density at radius 3 is 2.65 bits per heavy atom. The molecule has 34 heavy (non-hydrogen) atoms. The van der Waals surface area contributed by atoms with E-state index >= 15 is 0 Å². The number of phenolic OH excluding ortho intramolecular Hbond substituents is 1. The van der Waals surface area contributed by atoms with E-state index < -0.39 is 0 Å². The molecule has 1 aliphatic rings. The lowest BCUT2D eigenvalue weighted by Crippen LogP contribution is -2.52. The van der Waals surface area contributed by atoms with E-state index in [2.05, 4.69) is 25.4 Å². The van der Waals surface area contributed by atoms with Gasteiger partial charge in [-0.15, -0.1) is 25.6 Å².